The summed E-state index contributed by atoms with van der Waals surface area (Å²) in [4.78, 5) is 0.405. The molecule has 1 fully saturated rings. The zero-order valence-corrected chi connectivity index (χ0v) is 14.0. The van der Waals surface area contributed by atoms with Gasteiger partial charge in [0.2, 0.25) is 10.0 Å². The van der Waals surface area contributed by atoms with Gasteiger partial charge in [-0.05, 0) is 50.9 Å². The standard InChI is InChI=1S/C16H26N2O2S/c1-13-7-8-14(12-17-3)11-15(13)21(19,20)18-16(2)9-5-4-6-10-16/h7-8,11,17-18H,4-6,9-10,12H2,1-3H3. The molecule has 5 heteroatoms. The average molecular weight is 310 g/mol. The van der Waals surface area contributed by atoms with E-state index in [4.69, 9.17) is 0 Å². The van der Waals surface area contributed by atoms with Crippen LogP contribution in [0.3, 0.4) is 0 Å². The van der Waals surface area contributed by atoms with Crippen molar-refractivity contribution in [3.05, 3.63) is 29.3 Å². The summed E-state index contributed by atoms with van der Waals surface area (Å²) >= 11 is 0. The van der Waals surface area contributed by atoms with E-state index in [9.17, 15) is 8.42 Å². The van der Waals surface area contributed by atoms with Gasteiger partial charge >= 0.3 is 0 Å². The predicted molar refractivity (Wildman–Crippen MR) is 85.8 cm³/mol. The summed E-state index contributed by atoms with van der Waals surface area (Å²) in [7, 11) is -1.61. The van der Waals surface area contributed by atoms with Gasteiger partial charge in [-0.3, -0.25) is 0 Å². The Kier molecular flexibility index (Phi) is 5.07. The van der Waals surface area contributed by atoms with Crippen LogP contribution in [-0.2, 0) is 16.6 Å². The van der Waals surface area contributed by atoms with E-state index in [2.05, 4.69) is 10.0 Å². The molecule has 1 aliphatic carbocycles. The van der Waals surface area contributed by atoms with Gasteiger partial charge in [0, 0.05) is 12.1 Å². The van der Waals surface area contributed by atoms with E-state index in [-0.39, 0.29) is 5.54 Å². The van der Waals surface area contributed by atoms with Gasteiger partial charge in [0.05, 0.1) is 4.90 Å². The molecule has 1 saturated carbocycles. The molecule has 1 aliphatic rings. The summed E-state index contributed by atoms with van der Waals surface area (Å²) in [6, 6.07) is 5.62. The topological polar surface area (TPSA) is 58.2 Å². The molecule has 0 heterocycles. The molecular weight excluding hydrogens is 284 g/mol. The number of benzene rings is 1. The number of hydrogen-bond donors (Lipinski definition) is 2. The Labute approximate surface area is 128 Å². The summed E-state index contributed by atoms with van der Waals surface area (Å²) in [6.07, 6.45) is 5.23. The predicted octanol–water partition coefficient (Wildman–Crippen LogP) is 2.72. The van der Waals surface area contributed by atoms with Crippen LogP contribution >= 0.6 is 0 Å². The fraction of sp³-hybridized carbons (Fsp3) is 0.625. The summed E-state index contributed by atoms with van der Waals surface area (Å²) in [6.45, 7) is 4.54. The van der Waals surface area contributed by atoms with Crippen LogP contribution in [0.5, 0.6) is 0 Å². The molecule has 0 spiro atoms. The molecule has 0 aromatic heterocycles. The van der Waals surface area contributed by atoms with Crippen molar-refractivity contribution >= 4 is 10.0 Å². The maximum absolute atomic E-state index is 12.8. The van der Waals surface area contributed by atoms with E-state index in [0.717, 1.165) is 36.8 Å². The molecule has 118 valence electrons. The fourth-order valence-corrected chi connectivity index (χ4v) is 4.82. The fourth-order valence-electron chi connectivity index (χ4n) is 3.06. The molecule has 1 aromatic rings. The van der Waals surface area contributed by atoms with E-state index >= 15 is 0 Å². The van der Waals surface area contributed by atoms with Crippen LogP contribution in [-0.4, -0.2) is 21.0 Å². The first-order valence-electron chi connectivity index (χ1n) is 7.64. The highest BCUT2D eigenvalue weighted by Crippen LogP contribution is 2.30. The third-order valence-corrected chi connectivity index (χ3v) is 6.04. The van der Waals surface area contributed by atoms with E-state index < -0.39 is 10.0 Å². The second kappa shape index (κ2) is 6.46. The summed E-state index contributed by atoms with van der Waals surface area (Å²) in [5, 5.41) is 3.06. The highest BCUT2D eigenvalue weighted by molar-refractivity contribution is 7.89. The zero-order chi connectivity index (χ0) is 15.5. The van der Waals surface area contributed by atoms with Gasteiger partial charge in [-0.1, -0.05) is 31.4 Å². The number of nitrogens with one attached hydrogen (secondary N) is 2. The second-order valence-electron chi connectivity index (χ2n) is 6.36. The molecule has 21 heavy (non-hydrogen) atoms. The quantitative estimate of drug-likeness (QED) is 0.879. The minimum Gasteiger partial charge on any atom is -0.316 e. The molecule has 0 amide bonds. The van der Waals surface area contributed by atoms with Crippen molar-refractivity contribution in [3.8, 4) is 0 Å². The van der Waals surface area contributed by atoms with Crippen molar-refractivity contribution < 1.29 is 8.42 Å². The summed E-state index contributed by atoms with van der Waals surface area (Å²) in [5.74, 6) is 0. The lowest BCUT2D eigenvalue weighted by Gasteiger charge is -2.34. The maximum Gasteiger partial charge on any atom is 0.241 e. The maximum atomic E-state index is 12.8. The Morgan fingerprint density at radius 1 is 1.19 bits per heavy atom. The Hall–Kier alpha value is -0.910. The smallest absolute Gasteiger partial charge is 0.241 e. The third-order valence-electron chi connectivity index (χ3n) is 4.26. The number of aryl methyl sites for hydroxylation is 1. The monoisotopic (exact) mass is 310 g/mol. The number of rotatable bonds is 5. The summed E-state index contributed by atoms with van der Waals surface area (Å²) in [5.41, 5.74) is 1.47. The van der Waals surface area contributed by atoms with Crippen molar-refractivity contribution in [1.29, 1.82) is 0 Å². The molecule has 0 radical (unpaired) electrons. The first-order chi connectivity index (χ1) is 9.86. The largest absolute Gasteiger partial charge is 0.316 e. The van der Waals surface area contributed by atoms with Crippen molar-refractivity contribution in [1.82, 2.24) is 10.0 Å². The second-order valence-corrected chi connectivity index (χ2v) is 8.01. The third kappa shape index (κ3) is 4.05. The van der Waals surface area contributed by atoms with Crippen LogP contribution in [0.25, 0.3) is 0 Å². The van der Waals surface area contributed by atoms with Gasteiger partial charge in [0.1, 0.15) is 0 Å². The van der Waals surface area contributed by atoms with Crippen LogP contribution in [0.1, 0.15) is 50.2 Å². The van der Waals surface area contributed by atoms with Crippen LogP contribution in [0.2, 0.25) is 0 Å². The van der Waals surface area contributed by atoms with Crippen molar-refractivity contribution in [3.63, 3.8) is 0 Å². The van der Waals surface area contributed by atoms with E-state index in [0.29, 0.717) is 11.4 Å². The molecule has 0 unspecified atom stereocenters. The van der Waals surface area contributed by atoms with Gasteiger partial charge in [-0.2, -0.15) is 0 Å². The minimum atomic E-state index is -3.47. The van der Waals surface area contributed by atoms with Crippen LogP contribution in [0.15, 0.2) is 23.1 Å². The molecular formula is C16H26N2O2S. The Bertz CT molecular complexity index is 590. The summed E-state index contributed by atoms with van der Waals surface area (Å²) < 4.78 is 28.5. The van der Waals surface area contributed by atoms with Crippen molar-refractivity contribution in [2.45, 2.75) is 62.9 Å². The minimum absolute atomic E-state index is 0.303. The van der Waals surface area contributed by atoms with Crippen molar-refractivity contribution in [2.75, 3.05) is 7.05 Å². The Morgan fingerprint density at radius 3 is 2.48 bits per heavy atom. The normalized spacial score (nSPS) is 18.6. The molecule has 2 N–H and O–H groups in total. The zero-order valence-electron chi connectivity index (χ0n) is 13.2. The first-order valence-corrected chi connectivity index (χ1v) is 9.13. The van der Waals surface area contributed by atoms with Gasteiger partial charge in [0.15, 0.2) is 0 Å². The van der Waals surface area contributed by atoms with Gasteiger partial charge in [-0.25, -0.2) is 13.1 Å². The number of sulfonamides is 1. The lowest BCUT2D eigenvalue weighted by Crippen LogP contribution is -2.47. The SMILES string of the molecule is CNCc1ccc(C)c(S(=O)(=O)NC2(C)CCCCC2)c1. The van der Waals surface area contributed by atoms with Crippen molar-refractivity contribution in [2.24, 2.45) is 0 Å². The molecule has 1 aromatic carbocycles. The Morgan fingerprint density at radius 2 is 1.86 bits per heavy atom. The number of hydrogen-bond acceptors (Lipinski definition) is 3. The molecule has 0 bridgehead atoms. The van der Waals surface area contributed by atoms with Crippen LogP contribution in [0.4, 0.5) is 0 Å². The molecule has 4 nitrogen and oxygen atoms in total. The molecule has 0 aliphatic heterocycles. The van der Waals surface area contributed by atoms with E-state index in [1.54, 1.807) is 6.07 Å². The lowest BCUT2D eigenvalue weighted by atomic mass is 9.84. The molecule has 0 saturated heterocycles. The van der Waals surface area contributed by atoms with Gasteiger partial charge in [0.25, 0.3) is 0 Å². The molecule has 0 atom stereocenters. The highest BCUT2D eigenvalue weighted by atomic mass is 32.2. The van der Waals surface area contributed by atoms with Crippen LogP contribution < -0.4 is 10.0 Å². The first kappa shape index (κ1) is 16.5. The van der Waals surface area contributed by atoms with E-state index in [1.165, 1.54) is 6.42 Å². The molecule has 2 rings (SSSR count). The lowest BCUT2D eigenvalue weighted by molar-refractivity contribution is 0.294. The highest BCUT2D eigenvalue weighted by Gasteiger charge is 2.32. The van der Waals surface area contributed by atoms with Gasteiger partial charge < -0.3 is 5.32 Å². The van der Waals surface area contributed by atoms with E-state index in [1.807, 2.05) is 33.0 Å². The van der Waals surface area contributed by atoms with Gasteiger partial charge in [-0.15, -0.1) is 0 Å². The Balaban J connectivity index is 2.28. The average Bonchev–Trinajstić information content (AvgIpc) is 2.40. The van der Waals surface area contributed by atoms with Crippen LogP contribution in [0, 0.1) is 6.92 Å².